The largest absolute Gasteiger partial charge is 0.0808 e. The van der Waals surface area contributed by atoms with Gasteiger partial charge in [-0.25, -0.2) is 0 Å². The van der Waals surface area contributed by atoms with Crippen molar-refractivity contribution in [2.24, 2.45) is 5.92 Å². The molecule has 1 aromatic rings. The fourth-order valence-corrected chi connectivity index (χ4v) is 2.60. The van der Waals surface area contributed by atoms with Crippen molar-refractivity contribution in [3.05, 3.63) is 52.6 Å². The summed E-state index contributed by atoms with van der Waals surface area (Å²) < 4.78 is 0. The smallest absolute Gasteiger partial charge is 0.0126 e. The van der Waals surface area contributed by atoms with Crippen LogP contribution in [0, 0.1) is 19.8 Å². The van der Waals surface area contributed by atoms with Gasteiger partial charge in [0.05, 0.1) is 0 Å². The molecule has 1 atom stereocenters. The summed E-state index contributed by atoms with van der Waals surface area (Å²) in [6.45, 7) is 8.95. The molecule has 1 aliphatic carbocycles. The number of hydrogen-bond acceptors (Lipinski definition) is 0. The van der Waals surface area contributed by atoms with Crippen LogP contribution in [-0.4, -0.2) is 0 Å². The van der Waals surface area contributed by atoms with E-state index in [4.69, 9.17) is 0 Å². The second kappa shape index (κ2) is 4.29. The molecule has 0 heteroatoms. The zero-order valence-electron chi connectivity index (χ0n) is 10.7. The Labute approximate surface area is 98.7 Å². The first-order chi connectivity index (χ1) is 7.59. The van der Waals surface area contributed by atoms with Gasteiger partial charge in [0.25, 0.3) is 0 Å². The van der Waals surface area contributed by atoms with Crippen molar-refractivity contribution in [3.63, 3.8) is 0 Å². The summed E-state index contributed by atoms with van der Waals surface area (Å²) in [6.07, 6.45) is 5.83. The Morgan fingerprint density at radius 1 is 1.06 bits per heavy atom. The first kappa shape index (κ1) is 11.2. The standard InChI is InChI=1S/C16H20/c1-11-8-9-15(14(4)10-11)16-12(2)6-5-7-13(16)3/h5-9,11H,10H2,1-4H3. The molecule has 0 spiro atoms. The first-order valence-corrected chi connectivity index (χ1v) is 6.04. The van der Waals surface area contributed by atoms with Gasteiger partial charge in [-0.2, -0.15) is 0 Å². The van der Waals surface area contributed by atoms with E-state index in [1.54, 1.807) is 0 Å². The minimum absolute atomic E-state index is 0.688. The van der Waals surface area contributed by atoms with Gasteiger partial charge in [-0.05, 0) is 55.4 Å². The third-order valence-electron chi connectivity index (χ3n) is 3.43. The van der Waals surface area contributed by atoms with Crippen molar-refractivity contribution in [3.8, 4) is 0 Å². The zero-order valence-corrected chi connectivity index (χ0v) is 10.7. The third-order valence-corrected chi connectivity index (χ3v) is 3.43. The molecule has 84 valence electrons. The summed E-state index contributed by atoms with van der Waals surface area (Å²) in [5.41, 5.74) is 7.16. The summed E-state index contributed by atoms with van der Waals surface area (Å²) >= 11 is 0. The van der Waals surface area contributed by atoms with E-state index in [9.17, 15) is 0 Å². The van der Waals surface area contributed by atoms with E-state index in [1.807, 2.05) is 0 Å². The molecule has 0 fully saturated rings. The van der Waals surface area contributed by atoms with Gasteiger partial charge in [-0.3, -0.25) is 0 Å². The second-order valence-electron chi connectivity index (χ2n) is 5.00. The average molecular weight is 212 g/mol. The number of benzene rings is 1. The molecule has 2 rings (SSSR count). The summed E-state index contributed by atoms with van der Waals surface area (Å²) in [7, 11) is 0. The summed E-state index contributed by atoms with van der Waals surface area (Å²) in [5, 5.41) is 0. The van der Waals surface area contributed by atoms with Crippen LogP contribution in [0.15, 0.2) is 35.9 Å². The van der Waals surface area contributed by atoms with Crippen LogP contribution in [0.5, 0.6) is 0 Å². The fourth-order valence-electron chi connectivity index (χ4n) is 2.60. The van der Waals surface area contributed by atoms with Crippen molar-refractivity contribution >= 4 is 5.57 Å². The molecule has 1 aliphatic rings. The Morgan fingerprint density at radius 3 is 2.25 bits per heavy atom. The van der Waals surface area contributed by atoms with Crippen LogP contribution in [-0.2, 0) is 0 Å². The number of hydrogen-bond donors (Lipinski definition) is 0. The van der Waals surface area contributed by atoms with E-state index in [0.29, 0.717) is 5.92 Å². The highest BCUT2D eigenvalue weighted by molar-refractivity contribution is 5.80. The van der Waals surface area contributed by atoms with Crippen LogP contribution >= 0.6 is 0 Å². The van der Waals surface area contributed by atoms with Crippen molar-refractivity contribution in [1.82, 2.24) is 0 Å². The lowest BCUT2D eigenvalue weighted by Gasteiger charge is -2.20. The molecule has 0 heterocycles. The van der Waals surface area contributed by atoms with Crippen molar-refractivity contribution in [1.29, 1.82) is 0 Å². The maximum atomic E-state index is 2.33. The maximum Gasteiger partial charge on any atom is -0.0126 e. The highest BCUT2D eigenvalue weighted by Crippen LogP contribution is 2.33. The molecule has 0 saturated heterocycles. The molecule has 0 amide bonds. The minimum Gasteiger partial charge on any atom is -0.0808 e. The van der Waals surface area contributed by atoms with Crippen LogP contribution in [0.1, 0.15) is 37.0 Å². The van der Waals surface area contributed by atoms with Gasteiger partial charge in [0.15, 0.2) is 0 Å². The Balaban J connectivity index is 2.54. The SMILES string of the molecule is CC1=C(c2c(C)cccc2C)C=CC(C)C1. The average Bonchev–Trinajstić information content (AvgIpc) is 2.20. The van der Waals surface area contributed by atoms with Crippen molar-refractivity contribution in [2.75, 3.05) is 0 Å². The first-order valence-electron chi connectivity index (χ1n) is 6.04. The van der Waals surface area contributed by atoms with E-state index in [-0.39, 0.29) is 0 Å². The fraction of sp³-hybridized carbons (Fsp3) is 0.375. The highest BCUT2D eigenvalue weighted by atomic mass is 14.2. The normalized spacial score (nSPS) is 20.4. The predicted molar refractivity (Wildman–Crippen MR) is 71.4 cm³/mol. The zero-order chi connectivity index (χ0) is 11.7. The summed E-state index contributed by atoms with van der Waals surface area (Å²) in [6, 6.07) is 6.54. The molecular weight excluding hydrogens is 192 g/mol. The van der Waals surface area contributed by atoms with E-state index < -0.39 is 0 Å². The van der Waals surface area contributed by atoms with Gasteiger partial charge in [0, 0.05) is 0 Å². The van der Waals surface area contributed by atoms with Crippen molar-refractivity contribution < 1.29 is 0 Å². The molecule has 0 aliphatic heterocycles. The van der Waals surface area contributed by atoms with Crippen LogP contribution < -0.4 is 0 Å². The van der Waals surface area contributed by atoms with Crippen LogP contribution in [0.25, 0.3) is 5.57 Å². The third kappa shape index (κ3) is 1.97. The Bertz CT molecular complexity index is 441. The number of aryl methyl sites for hydroxylation is 2. The highest BCUT2D eigenvalue weighted by Gasteiger charge is 2.14. The van der Waals surface area contributed by atoms with Gasteiger partial charge < -0.3 is 0 Å². The van der Waals surface area contributed by atoms with Crippen LogP contribution in [0.3, 0.4) is 0 Å². The molecule has 1 unspecified atom stereocenters. The molecule has 0 radical (unpaired) electrons. The molecular formula is C16H20. The topological polar surface area (TPSA) is 0 Å². The van der Waals surface area contributed by atoms with Crippen LogP contribution in [0.4, 0.5) is 0 Å². The molecule has 1 aromatic carbocycles. The monoisotopic (exact) mass is 212 g/mol. The van der Waals surface area contributed by atoms with Gasteiger partial charge in [0.1, 0.15) is 0 Å². The van der Waals surface area contributed by atoms with Crippen LogP contribution in [0.2, 0.25) is 0 Å². The summed E-state index contributed by atoms with van der Waals surface area (Å²) in [5.74, 6) is 0.688. The second-order valence-corrected chi connectivity index (χ2v) is 5.00. The van der Waals surface area contributed by atoms with Gasteiger partial charge in [-0.15, -0.1) is 0 Å². The lowest BCUT2D eigenvalue weighted by Crippen LogP contribution is -2.02. The molecule has 0 aromatic heterocycles. The Hall–Kier alpha value is -1.30. The van der Waals surface area contributed by atoms with Gasteiger partial charge in [-0.1, -0.05) is 42.8 Å². The van der Waals surface area contributed by atoms with Crippen molar-refractivity contribution in [2.45, 2.75) is 34.1 Å². The maximum absolute atomic E-state index is 2.33. The summed E-state index contributed by atoms with van der Waals surface area (Å²) in [4.78, 5) is 0. The van der Waals surface area contributed by atoms with Gasteiger partial charge >= 0.3 is 0 Å². The molecule has 0 N–H and O–H groups in total. The Morgan fingerprint density at radius 2 is 1.69 bits per heavy atom. The van der Waals surface area contributed by atoms with E-state index >= 15 is 0 Å². The molecule has 0 bridgehead atoms. The quantitative estimate of drug-likeness (QED) is 0.634. The van der Waals surface area contributed by atoms with E-state index in [2.05, 4.69) is 58.0 Å². The lowest BCUT2D eigenvalue weighted by molar-refractivity contribution is 0.710. The molecule has 0 saturated carbocycles. The molecule has 0 nitrogen and oxygen atoms in total. The van der Waals surface area contributed by atoms with E-state index in [0.717, 1.165) is 0 Å². The number of allylic oxidation sites excluding steroid dienone is 4. The number of rotatable bonds is 1. The molecule has 16 heavy (non-hydrogen) atoms. The van der Waals surface area contributed by atoms with E-state index in [1.165, 1.54) is 34.3 Å². The van der Waals surface area contributed by atoms with Gasteiger partial charge in [0.2, 0.25) is 0 Å². The minimum atomic E-state index is 0.688. The lowest BCUT2D eigenvalue weighted by atomic mass is 9.85. The predicted octanol–water partition coefficient (Wildman–Crippen LogP) is 4.67. The Kier molecular flexibility index (Phi) is 3.00.